The van der Waals surface area contributed by atoms with E-state index in [0.29, 0.717) is 11.7 Å². The molecule has 0 aliphatic heterocycles. The number of carbonyl (C=O) groups excluding carboxylic acids is 2. The van der Waals surface area contributed by atoms with Crippen molar-refractivity contribution in [2.24, 2.45) is 5.92 Å². The van der Waals surface area contributed by atoms with Gasteiger partial charge in [-0.2, -0.15) is 0 Å². The molecular weight excluding hydrogens is 306 g/mol. The molecule has 0 aromatic heterocycles. The Kier molecular flexibility index (Phi) is 7.75. The molecule has 0 saturated carbocycles. The first-order valence-corrected chi connectivity index (χ1v) is 8.40. The number of hydrogen-bond donors (Lipinski definition) is 1. The zero-order valence-electron chi connectivity index (χ0n) is 15.5. The minimum Gasteiger partial charge on any atom is -0.483 e. The minimum absolute atomic E-state index is 0.00778. The van der Waals surface area contributed by atoms with Crippen LogP contribution in [-0.4, -0.2) is 31.6 Å². The number of carbonyl (C=O) groups is 2. The third-order valence-electron chi connectivity index (χ3n) is 4.13. The monoisotopic (exact) mass is 335 g/mol. The van der Waals surface area contributed by atoms with Crippen molar-refractivity contribution in [2.45, 2.75) is 53.0 Å². The van der Waals surface area contributed by atoms with Gasteiger partial charge in [0.1, 0.15) is 11.8 Å². The highest BCUT2D eigenvalue weighted by atomic mass is 16.5. The fraction of sp³-hybridized carbons (Fsp3) is 0.579. The summed E-state index contributed by atoms with van der Waals surface area (Å²) >= 11 is 0. The van der Waals surface area contributed by atoms with Gasteiger partial charge in [0.25, 0.3) is 5.91 Å². The van der Waals surface area contributed by atoms with Gasteiger partial charge in [-0.15, -0.1) is 0 Å². The van der Waals surface area contributed by atoms with Crippen LogP contribution in [0, 0.1) is 12.8 Å². The molecule has 0 radical (unpaired) electrons. The fourth-order valence-electron chi connectivity index (χ4n) is 2.40. The highest BCUT2D eigenvalue weighted by molar-refractivity contribution is 5.85. The van der Waals surface area contributed by atoms with Crippen molar-refractivity contribution in [2.75, 3.05) is 13.7 Å². The van der Waals surface area contributed by atoms with E-state index in [1.54, 1.807) is 0 Å². The maximum Gasteiger partial charge on any atom is 0.328 e. The number of ether oxygens (including phenoxy) is 2. The third-order valence-corrected chi connectivity index (χ3v) is 4.13. The summed E-state index contributed by atoms with van der Waals surface area (Å²) in [6, 6.07) is 5.31. The van der Waals surface area contributed by atoms with Crippen molar-refractivity contribution in [1.29, 1.82) is 0 Å². The van der Waals surface area contributed by atoms with Crippen LogP contribution in [0.4, 0.5) is 0 Å². The molecule has 24 heavy (non-hydrogen) atoms. The number of methoxy groups -OCH3 is 1. The summed E-state index contributed by atoms with van der Waals surface area (Å²) in [5, 5.41) is 2.71. The number of aryl methyl sites for hydroxylation is 1. The molecule has 0 unspecified atom stereocenters. The Morgan fingerprint density at radius 3 is 2.42 bits per heavy atom. The van der Waals surface area contributed by atoms with E-state index in [0.717, 1.165) is 17.5 Å². The molecule has 0 bridgehead atoms. The van der Waals surface area contributed by atoms with Gasteiger partial charge in [0.2, 0.25) is 0 Å². The SMILES string of the molecule is CC[C@@H](C)[C@@H](NC(=O)COc1cc(C)ccc1C(C)C)C(=O)OC. The highest BCUT2D eigenvalue weighted by Gasteiger charge is 2.26. The molecule has 2 atom stereocenters. The Labute approximate surface area is 144 Å². The average Bonchev–Trinajstić information content (AvgIpc) is 2.56. The van der Waals surface area contributed by atoms with E-state index in [4.69, 9.17) is 9.47 Å². The average molecular weight is 335 g/mol. The highest BCUT2D eigenvalue weighted by Crippen LogP contribution is 2.27. The third kappa shape index (κ3) is 5.55. The van der Waals surface area contributed by atoms with E-state index >= 15 is 0 Å². The Morgan fingerprint density at radius 1 is 1.21 bits per heavy atom. The molecule has 1 aromatic rings. The molecule has 1 amide bonds. The molecule has 5 nitrogen and oxygen atoms in total. The largest absolute Gasteiger partial charge is 0.483 e. The zero-order valence-corrected chi connectivity index (χ0v) is 15.5. The van der Waals surface area contributed by atoms with Crippen molar-refractivity contribution < 1.29 is 19.1 Å². The Bertz CT molecular complexity index is 568. The lowest BCUT2D eigenvalue weighted by molar-refractivity contribution is -0.146. The molecule has 1 N–H and O–H groups in total. The molecule has 0 saturated heterocycles. The van der Waals surface area contributed by atoms with Crippen LogP contribution in [0.3, 0.4) is 0 Å². The zero-order chi connectivity index (χ0) is 18.3. The summed E-state index contributed by atoms with van der Waals surface area (Å²) in [6.07, 6.45) is 0.760. The van der Waals surface area contributed by atoms with Gasteiger partial charge in [0.15, 0.2) is 6.61 Å². The predicted molar refractivity (Wildman–Crippen MR) is 94.2 cm³/mol. The van der Waals surface area contributed by atoms with Crippen LogP contribution in [0.2, 0.25) is 0 Å². The van der Waals surface area contributed by atoms with E-state index in [9.17, 15) is 9.59 Å². The maximum absolute atomic E-state index is 12.2. The second-order valence-corrected chi connectivity index (χ2v) is 6.44. The smallest absolute Gasteiger partial charge is 0.328 e. The molecule has 0 fully saturated rings. The predicted octanol–water partition coefficient (Wildman–Crippen LogP) is 3.20. The van der Waals surface area contributed by atoms with Crippen molar-refractivity contribution >= 4 is 11.9 Å². The van der Waals surface area contributed by atoms with Gasteiger partial charge in [0, 0.05) is 0 Å². The number of hydrogen-bond acceptors (Lipinski definition) is 4. The molecule has 0 aliphatic rings. The first-order valence-electron chi connectivity index (χ1n) is 8.40. The summed E-state index contributed by atoms with van der Waals surface area (Å²) < 4.78 is 10.5. The number of nitrogens with one attached hydrogen (secondary N) is 1. The summed E-state index contributed by atoms with van der Waals surface area (Å²) in [5.41, 5.74) is 2.13. The van der Waals surface area contributed by atoms with Crippen molar-refractivity contribution in [3.63, 3.8) is 0 Å². The molecule has 1 rings (SSSR count). The minimum atomic E-state index is -0.654. The second-order valence-electron chi connectivity index (χ2n) is 6.44. The summed E-state index contributed by atoms with van der Waals surface area (Å²) in [4.78, 5) is 24.0. The van der Waals surface area contributed by atoms with Crippen LogP contribution in [-0.2, 0) is 14.3 Å². The Balaban J connectivity index is 2.75. The van der Waals surface area contributed by atoms with Crippen LogP contribution in [0.25, 0.3) is 0 Å². The van der Waals surface area contributed by atoms with Crippen LogP contribution in [0.5, 0.6) is 5.75 Å². The van der Waals surface area contributed by atoms with E-state index in [2.05, 4.69) is 19.2 Å². The molecule has 0 aliphatic carbocycles. The van der Waals surface area contributed by atoms with Gasteiger partial charge in [-0.1, -0.05) is 46.2 Å². The lowest BCUT2D eigenvalue weighted by Gasteiger charge is -2.22. The maximum atomic E-state index is 12.2. The van der Waals surface area contributed by atoms with Crippen molar-refractivity contribution in [1.82, 2.24) is 5.32 Å². The van der Waals surface area contributed by atoms with E-state index in [1.807, 2.05) is 39.0 Å². The van der Waals surface area contributed by atoms with Crippen LogP contribution in [0.15, 0.2) is 18.2 Å². The van der Waals surface area contributed by atoms with Crippen LogP contribution in [0.1, 0.15) is 51.2 Å². The normalized spacial score (nSPS) is 13.3. The summed E-state index contributed by atoms with van der Waals surface area (Å²) in [5.74, 6) is 0.231. The standard InChI is InChI=1S/C19H29NO4/c1-7-14(5)18(19(22)23-6)20-17(21)11-24-16-10-13(4)8-9-15(16)12(2)3/h8-10,12,14,18H,7,11H2,1-6H3,(H,20,21)/t14-,18-/m1/s1. The molecular formula is C19H29NO4. The molecule has 5 heteroatoms. The second kappa shape index (κ2) is 9.30. The lowest BCUT2D eigenvalue weighted by atomic mass is 9.99. The summed E-state index contributed by atoms with van der Waals surface area (Å²) in [6.45, 7) is 9.87. The molecule has 0 spiro atoms. The number of rotatable bonds is 8. The van der Waals surface area contributed by atoms with Crippen LogP contribution < -0.4 is 10.1 Å². The van der Waals surface area contributed by atoms with Gasteiger partial charge in [-0.25, -0.2) is 4.79 Å². The Hall–Kier alpha value is -2.04. The van der Waals surface area contributed by atoms with Crippen molar-refractivity contribution in [3.05, 3.63) is 29.3 Å². The fourth-order valence-corrected chi connectivity index (χ4v) is 2.40. The van der Waals surface area contributed by atoms with E-state index in [-0.39, 0.29) is 18.4 Å². The molecule has 0 heterocycles. The van der Waals surface area contributed by atoms with Gasteiger partial charge < -0.3 is 14.8 Å². The van der Waals surface area contributed by atoms with E-state index < -0.39 is 12.0 Å². The van der Waals surface area contributed by atoms with Gasteiger partial charge in [-0.05, 0) is 36.0 Å². The topological polar surface area (TPSA) is 64.6 Å². The number of esters is 1. The first kappa shape index (κ1) is 20.0. The van der Waals surface area contributed by atoms with Crippen molar-refractivity contribution in [3.8, 4) is 5.75 Å². The molecule has 134 valence electrons. The van der Waals surface area contributed by atoms with Gasteiger partial charge in [-0.3, -0.25) is 4.79 Å². The number of amides is 1. The lowest BCUT2D eigenvalue weighted by Crippen LogP contribution is -2.47. The van der Waals surface area contributed by atoms with Gasteiger partial charge in [0.05, 0.1) is 7.11 Å². The van der Waals surface area contributed by atoms with E-state index in [1.165, 1.54) is 7.11 Å². The number of benzene rings is 1. The Morgan fingerprint density at radius 2 is 1.88 bits per heavy atom. The molecule has 1 aromatic carbocycles. The summed E-state index contributed by atoms with van der Waals surface area (Å²) in [7, 11) is 1.32. The first-order chi connectivity index (χ1) is 11.3. The quantitative estimate of drug-likeness (QED) is 0.741. The van der Waals surface area contributed by atoms with Gasteiger partial charge >= 0.3 is 5.97 Å². The van der Waals surface area contributed by atoms with Crippen LogP contribution >= 0.6 is 0 Å².